The van der Waals surface area contributed by atoms with Crippen molar-refractivity contribution in [1.82, 2.24) is 14.8 Å². The molecule has 0 aliphatic heterocycles. The molecule has 0 atom stereocenters. The predicted molar refractivity (Wildman–Crippen MR) is 96.6 cm³/mol. The third-order valence-corrected chi connectivity index (χ3v) is 7.06. The standard InChI is InChI=1S/C16H20ClN3O2S2/c1-11(2)15-18-19-16(20(15)13-5-6-13)23-9-10-24(21,22)14-7-3-12(17)4-8-14/h3-4,7-8,11,13H,5-6,9-10H2,1-2H3. The maximum Gasteiger partial charge on any atom is 0.191 e. The SMILES string of the molecule is CC(C)c1nnc(SCCS(=O)(=O)c2ccc(Cl)cc2)n1C1CC1. The van der Waals surface area contributed by atoms with Crippen molar-refractivity contribution >= 4 is 33.2 Å². The zero-order chi connectivity index (χ0) is 17.3. The van der Waals surface area contributed by atoms with Gasteiger partial charge in [-0.1, -0.05) is 37.2 Å². The number of sulfone groups is 1. The Labute approximate surface area is 151 Å². The molecule has 1 aliphatic carbocycles. The highest BCUT2D eigenvalue weighted by Crippen LogP contribution is 2.40. The fraction of sp³-hybridized carbons (Fsp3) is 0.500. The summed E-state index contributed by atoms with van der Waals surface area (Å²) in [5.41, 5.74) is 0. The second kappa shape index (κ2) is 7.06. The molecule has 0 spiro atoms. The molecule has 5 nitrogen and oxygen atoms in total. The second-order valence-electron chi connectivity index (χ2n) is 6.22. The molecule has 3 rings (SSSR count). The van der Waals surface area contributed by atoms with Gasteiger partial charge in [-0.05, 0) is 37.1 Å². The number of thioether (sulfide) groups is 1. The van der Waals surface area contributed by atoms with Gasteiger partial charge in [-0.15, -0.1) is 10.2 Å². The highest BCUT2D eigenvalue weighted by Gasteiger charge is 2.30. The van der Waals surface area contributed by atoms with E-state index in [4.69, 9.17) is 11.6 Å². The number of benzene rings is 1. The van der Waals surface area contributed by atoms with Gasteiger partial charge in [0.05, 0.1) is 10.6 Å². The number of hydrogen-bond donors (Lipinski definition) is 0. The van der Waals surface area contributed by atoms with Crippen LogP contribution in [0, 0.1) is 0 Å². The van der Waals surface area contributed by atoms with Crippen molar-refractivity contribution < 1.29 is 8.42 Å². The van der Waals surface area contributed by atoms with Crippen LogP contribution in [0.25, 0.3) is 0 Å². The lowest BCUT2D eigenvalue weighted by atomic mass is 10.2. The van der Waals surface area contributed by atoms with Gasteiger partial charge in [-0.2, -0.15) is 0 Å². The van der Waals surface area contributed by atoms with E-state index in [1.807, 2.05) is 0 Å². The van der Waals surface area contributed by atoms with Crippen LogP contribution in [0.2, 0.25) is 5.02 Å². The summed E-state index contributed by atoms with van der Waals surface area (Å²) in [6, 6.07) is 6.77. The maximum atomic E-state index is 12.4. The fourth-order valence-electron chi connectivity index (χ4n) is 2.46. The van der Waals surface area contributed by atoms with Crippen LogP contribution in [-0.4, -0.2) is 34.7 Å². The molecule has 24 heavy (non-hydrogen) atoms. The molecule has 0 amide bonds. The Bertz CT molecular complexity index is 812. The third-order valence-electron chi connectivity index (χ3n) is 3.88. The summed E-state index contributed by atoms with van der Waals surface area (Å²) in [6.45, 7) is 4.20. The fourth-order valence-corrected chi connectivity index (χ4v) is 5.25. The smallest absolute Gasteiger partial charge is 0.191 e. The number of hydrogen-bond acceptors (Lipinski definition) is 5. The van der Waals surface area contributed by atoms with Crippen LogP contribution in [0.1, 0.15) is 44.5 Å². The van der Waals surface area contributed by atoms with Crippen molar-refractivity contribution in [3.8, 4) is 0 Å². The molecule has 1 aliphatic rings. The first-order chi connectivity index (χ1) is 11.4. The Kier molecular flexibility index (Phi) is 5.22. The lowest BCUT2D eigenvalue weighted by Crippen LogP contribution is -2.10. The quantitative estimate of drug-likeness (QED) is 0.675. The molecular formula is C16H20ClN3O2S2. The number of halogens is 1. The largest absolute Gasteiger partial charge is 0.303 e. The maximum absolute atomic E-state index is 12.4. The van der Waals surface area contributed by atoms with Gasteiger partial charge < -0.3 is 4.57 Å². The lowest BCUT2D eigenvalue weighted by Gasteiger charge is -2.10. The summed E-state index contributed by atoms with van der Waals surface area (Å²) >= 11 is 7.27. The minimum atomic E-state index is -3.31. The predicted octanol–water partition coefficient (Wildman–Crippen LogP) is 3.96. The van der Waals surface area contributed by atoms with Crippen LogP contribution in [0.5, 0.6) is 0 Å². The molecule has 1 heterocycles. The van der Waals surface area contributed by atoms with Gasteiger partial charge in [0.1, 0.15) is 5.82 Å². The van der Waals surface area contributed by atoms with Gasteiger partial charge in [0.15, 0.2) is 15.0 Å². The Morgan fingerprint density at radius 1 is 1.25 bits per heavy atom. The zero-order valence-electron chi connectivity index (χ0n) is 13.6. The van der Waals surface area contributed by atoms with Crippen molar-refractivity contribution in [1.29, 1.82) is 0 Å². The Morgan fingerprint density at radius 2 is 1.92 bits per heavy atom. The molecule has 8 heteroatoms. The van der Waals surface area contributed by atoms with Gasteiger partial charge in [-0.25, -0.2) is 8.42 Å². The average molecular weight is 386 g/mol. The van der Waals surface area contributed by atoms with E-state index in [0.29, 0.717) is 27.6 Å². The summed E-state index contributed by atoms with van der Waals surface area (Å²) in [6.07, 6.45) is 2.29. The summed E-state index contributed by atoms with van der Waals surface area (Å²) in [7, 11) is -3.31. The minimum Gasteiger partial charge on any atom is -0.303 e. The second-order valence-corrected chi connectivity index (χ2v) is 9.83. The zero-order valence-corrected chi connectivity index (χ0v) is 16.0. The molecule has 1 saturated carbocycles. The van der Waals surface area contributed by atoms with Crippen LogP contribution in [0.4, 0.5) is 0 Å². The van der Waals surface area contributed by atoms with Crippen molar-refractivity contribution in [2.45, 2.75) is 48.7 Å². The third kappa shape index (κ3) is 3.95. The number of rotatable bonds is 7. The van der Waals surface area contributed by atoms with Crippen LogP contribution < -0.4 is 0 Å². The van der Waals surface area contributed by atoms with E-state index in [-0.39, 0.29) is 5.75 Å². The lowest BCUT2D eigenvalue weighted by molar-refractivity contribution is 0.596. The van der Waals surface area contributed by atoms with E-state index in [9.17, 15) is 8.42 Å². The van der Waals surface area contributed by atoms with E-state index in [0.717, 1.165) is 23.8 Å². The molecule has 1 fully saturated rings. The summed E-state index contributed by atoms with van der Waals surface area (Å²) in [5, 5.41) is 9.91. The Morgan fingerprint density at radius 3 is 2.50 bits per heavy atom. The first-order valence-electron chi connectivity index (χ1n) is 7.94. The molecule has 0 bridgehead atoms. The topological polar surface area (TPSA) is 64.8 Å². The van der Waals surface area contributed by atoms with Gasteiger partial charge in [0, 0.05) is 22.7 Å². The first-order valence-corrected chi connectivity index (χ1v) is 11.0. The highest BCUT2D eigenvalue weighted by molar-refractivity contribution is 8.00. The van der Waals surface area contributed by atoms with Crippen molar-refractivity contribution in [2.24, 2.45) is 0 Å². The molecule has 1 aromatic heterocycles. The molecule has 2 aromatic rings. The van der Waals surface area contributed by atoms with Gasteiger partial charge >= 0.3 is 0 Å². The van der Waals surface area contributed by atoms with E-state index in [1.165, 1.54) is 11.8 Å². The number of nitrogens with zero attached hydrogens (tertiary/aromatic N) is 3. The highest BCUT2D eigenvalue weighted by atomic mass is 35.5. The molecule has 0 N–H and O–H groups in total. The van der Waals surface area contributed by atoms with Crippen LogP contribution in [0.3, 0.4) is 0 Å². The summed E-state index contributed by atoms with van der Waals surface area (Å²) in [5.74, 6) is 1.81. The molecule has 0 radical (unpaired) electrons. The van der Waals surface area contributed by atoms with Gasteiger partial charge in [-0.3, -0.25) is 0 Å². The minimum absolute atomic E-state index is 0.0633. The normalized spacial score (nSPS) is 15.2. The van der Waals surface area contributed by atoms with Crippen molar-refractivity contribution in [2.75, 3.05) is 11.5 Å². The van der Waals surface area contributed by atoms with Crippen molar-refractivity contribution in [3.05, 3.63) is 35.1 Å². The molecule has 1 aromatic carbocycles. The monoisotopic (exact) mass is 385 g/mol. The number of aromatic nitrogens is 3. The van der Waals surface area contributed by atoms with E-state index in [2.05, 4.69) is 28.6 Å². The average Bonchev–Trinajstić information content (AvgIpc) is 3.27. The Hall–Kier alpha value is -1.05. The van der Waals surface area contributed by atoms with E-state index in [1.54, 1.807) is 24.3 Å². The van der Waals surface area contributed by atoms with Crippen LogP contribution in [0.15, 0.2) is 34.3 Å². The van der Waals surface area contributed by atoms with Crippen molar-refractivity contribution in [3.63, 3.8) is 0 Å². The summed E-state index contributed by atoms with van der Waals surface area (Å²) < 4.78 is 26.9. The van der Waals surface area contributed by atoms with E-state index < -0.39 is 9.84 Å². The molecular weight excluding hydrogens is 366 g/mol. The van der Waals surface area contributed by atoms with Gasteiger partial charge in [0.25, 0.3) is 0 Å². The molecule has 130 valence electrons. The summed E-state index contributed by atoms with van der Waals surface area (Å²) in [4.78, 5) is 0.305. The first kappa shape index (κ1) is 17.8. The molecule has 0 unspecified atom stereocenters. The van der Waals surface area contributed by atoms with E-state index >= 15 is 0 Å². The van der Waals surface area contributed by atoms with Crippen LogP contribution >= 0.6 is 23.4 Å². The molecule has 0 saturated heterocycles. The van der Waals surface area contributed by atoms with Crippen LogP contribution in [-0.2, 0) is 9.84 Å². The van der Waals surface area contributed by atoms with Gasteiger partial charge in [0.2, 0.25) is 0 Å². The Balaban J connectivity index is 1.67.